The number of benzene rings is 1. The highest BCUT2D eigenvalue weighted by Crippen LogP contribution is 2.27. The Hall–Kier alpha value is -0.850. The van der Waals surface area contributed by atoms with Crippen molar-refractivity contribution in [2.45, 2.75) is 24.0 Å². The van der Waals surface area contributed by atoms with Crippen molar-refractivity contribution in [3.05, 3.63) is 39.1 Å². The maximum absolute atomic E-state index is 12.5. The van der Waals surface area contributed by atoms with Crippen LogP contribution in [0.3, 0.4) is 0 Å². The average Bonchev–Trinajstić information content (AvgIpc) is 2.68. The van der Waals surface area contributed by atoms with Gasteiger partial charge in [0.1, 0.15) is 0 Å². The fourth-order valence-electron chi connectivity index (χ4n) is 1.87. The van der Waals surface area contributed by atoms with E-state index in [1.165, 1.54) is 0 Å². The van der Waals surface area contributed by atoms with E-state index in [9.17, 15) is 4.21 Å². The highest BCUT2D eigenvalue weighted by Gasteiger charge is 2.17. The number of nitrogens with zero attached hydrogens (tertiary/aromatic N) is 2. The van der Waals surface area contributed by atoms with Crippen molar-refractivity contribution in [1.29, 1.82) is 0 Å². The zero-order valence-electron chi connectivity index (χ0n) is 11.2. The molecular weight excluding hydrogens is 362 g/mol. The summed E-state index contributed by atoms with van der Waals surface area (Å²) in [7, 11) is 0.576. The van der Waals surface area contributed by atoms with E-state index < -0.39 is 10.8 Å². The van der Waals surface area contributed by atoms with Gasteiger partial charge in [0.15, 0.2) is 0 Å². The van der Waals surface area contributed by atoms with Crippen LogP contribution in [0.25, 0.3) is 0 Å². The molecule has 20 heavy (non-hydrogen) atoms. The Morgan fingerprint density at radius 1 is 1.50 bits per heavy atom. The van der Waals surface area contributed by atoms with Crippen molar-refractivity contribution < 1.29 is 4.21 Å². The molecule has 108 valence electrons. The molecule has 7 heteroatoms. The van der Waals surface area contributed by atoms with Crippen molar-refractivity contribution in [3.8, 4) is 0 Å². The van der Waals surface area contributed by atoms with Gasteiger partial charge in [0.2, 0.25) is 0 Å². The number of aryl methyl sites for hydroxylation is 2. The number of hydrogen-bond donors (Lipinski definition) is 1. The van der Waals surface area contributed by atoms with E-state index in [0.717, 1.165) is 22.3 Å². The summed E-state index contributed by atoms with van der Waals surface area (Å²) in [6.07, 6.45) is 0.820. The first-order chi connectivity index (χ1) is 9.43. The second-order valence-corrected chi connectivity index (χ2v) is 6.98. The van der Waals surface area contributed by atoms with Crippen LogP contribution in [0.2, 0.25) is 5.02 Å². The molecule has 0 amide bonds. The highest BCUT2D eigenvalue weighted by molar-refractivity contribution is 9.10. The molecule has 2 aromatic rings. The van der Waals surface area contributed by atoms with E-state index in [4.69, 9.17) is 17.3 Å². The molecule has 1 aromatic carbocycles. The van der Waals surface area contributed by atoms with E-state index in [2.05, 4.69) is 21.0 Å². The lowest BCUT2D eigenvalue weighted by molar-refractivity contribution is 0.675. The highest BCUT2D eigenvalue weighted by atomic mass is 79.9. The van der Waals surface area contributed by atoms with Gasteiger partial charge in [0, 0.05) is 12.7 Å². The molecule has 1 unspecified atom stereocenters. The number of halogens is 2. The Morgan fingerprint density at radius 2 is 2.20 bits per heavy atom. The van der Waals surface area contributed by atoms with Gasteiger partial charge in [-0.1, -0.05) is 18.5 Å². The molecule has 1 atom stereocenters. The minimum absolute atomic E-state index is 0.341. The van der Waals surface area contributed by atoms with E-state index in [0.29, 0.717) is 21.4 Å². The van der Waals surface area contributed by atoms with E-state index in [1.807, 2.05) is 14.0 Å². The van der Waals surface area contributed by atoms with Crippen LogP contribution < -0.4 is 5.73 Å². The second kappa shape index (κ2) is 6.28. The lowest BCUT2D eigenvalue weighted by Gasteiger charge is -2.07. The maximum Gasteiger partial charge on any atom is 0.0767 e. The predicted octanol–water partition coefficient (Wildman–Crippen LogP) is 3.29. The Morgan fingerprint density at radius 3 is 2.80 bits per heavy atom. The summed E-state index contributed by atoms with van der Waals surface area (Å²) >= 11 is 9.61. The molecular formula is C13H15BrClN3OS. The van der Waals surface area contributed by atoms with Crippen LogP contribution >= 0.6 is 27.5 Å². The van der Waals surface area contributed by atoms with Gasteiger partial charge in [-0.05, 0) is 40.5 Å². The normalized spacial score (nSPS) is 12.6. The fraction of sp³-hybridized carbons (Fsp3) is 0.308. The molecule has 0 spiro atoms. The van der Waals surface area contributed by atoms with Crippen LogP contribution in [0.15, 0.2) is 27.6 Å². The van der Waals surface area contributed by atoms with Crippen molar-refractivity contribution >= 4 is 44.0 Å². The first-order valence-corrected chi connectivity index (χ1v) is 8.56. The van der Waals surface area contributed by atoms with Crippen molar-refractivity contribution in [2.75, 3.05) is 5.73 Å². The third-order valence-electron chi connectivity index (χ3n) is 2.97. The summed E-state index contributed by atoms with van der Waals surface area (Å²) < 4.78 is 15.2. The SMILES string of the molecule is CCc1nn(C)c(CS(=O)c2cc(N)ccc2Cl)c1Br. The van der Waals surface area contributed by atoms with Crippen molar-refractivity contribution in [1.82, 2.24) is 9.78 Å². The molecule has 0 radical (unpaired) electrons. The molecule has 0 aliphatic carbocycles. The zero-order valence-corrected chi connectivity index (χ0v) is 14.3. The smallest absolute Gasteiger partial charge is 0.0767 e. The minimum atomic E-state index is -1.27. The molecule has 1 heterocycles. The van der Waals surface area contributed by atoms with Gasteiger partial charge in [-0.25, -0.2) is 0 Å². The van der Waals surface area contributed by atoms with Gasteiger partial charge in [-0.15, -0.1) is 0 Å². The summed E-state index contributed by atoms with van der Waals surface area (Å²) in [6, 6.07) is 5.02. The van der Waals surface area contributed by atoms with E-state index in [-0.39, 0.29) is 0 Å². The summed E-state index contributed by atoms with van der Waals surface area (Å²) in [5, 5.41) is 4.86. The molecule has 2 rings (SSSR count). The molecule has 4 nitrogen and oxygen atoms in total. The number of rotatable bonds is 4. The molecule has 0 aliphatic heterocycles. The summed E-state index contributed by atoms with van der Waals surface area (Å²) in [4.78, 5) is 0.554. The summed E-state index contributed by atoms with van der Waals surface area (Å²) in [6.45, 7) is 2.03. The first kappa shape index (κ1) is 15.5. The molecule has 0 aliphatic rings. The van der Waals surface area contributed by atoms with E-state index in [1.54, 1.807) is 22.9 Å². The third kappa shape index (κ3) is 3.07. The minimum Gasteiger partial charge on any atom is -0.399 e. The van der Waals surface area contributed by atoms with Gasteiger partial charge < -0.3 is 5.73 Å². The molecule has 0 bridgehead atoms. The van der Waals surface area contributed by atoms with Gasteiger partial charge in [0.05, 0.1) is 42.3 Å². The largest absolute Gasteiger partial charge is 0.399 e. The fourth-order valence-corrected chi connectivity index (χ4v) is 4.48. The quantitative estimate of drug-likeness (QED) is 0.833. The van der Waals surface area contributed by atoms with Gasteiger partial charge in [-0.3, -0.25) is 8.89 Å². The molecule has 0 saturated heterocycles. The number of nitrogens with two attached hydrogens (primary N) is 1. The van der Waals surface area contributed by atoms with Gasteiger partial charge in [-0.2, -0.15) is 5.10 Å². The number of anilines is 1. The van der Waals surface area contributed by atoms with Crippen molar-refractivity contribution in [3.63, 3.8) is 0 Å². The third-order valence-corrected chi connectivity index (χ3v) is 5.69. The molecule has 1 aromatic heterocycles. The zero-order chi connectivity index (χ0) is 14.9. The number of nitrogen functional groups attached to an aromatic ring is 1. The van der Waals surface area contributed by atoms with Gasteiger partial charge in [0.25, 0.3) is 0 Å². The second-order valence-electron chi connectivity index (χ2n) is 4.36. The maximum atomic E-state index is 12.5. The Bertz CT molecular complexity index is 672. The van der Waals surface area contributed by atoms with Crippen molar-refractivity contribution in [2.24, 2.45) is 7.05 Å². The van der Waals surface area contributed by atoms with Crippen LogP contribution in [-0.4, -0.2) is 14.0 Å². The summed E-state index contributed by atoms with van der Waals surface area (Å²) in [5.41, 5.74) is 8.12. The standard InChI is InChI=1S/C13H15BrClN3OS/c1-3-10-13(14)11(18(2)17-10)7-20(19)12-6-8(16)4-5-9(12)15/h4-6H,3,7,16H2,1-2H3. The van der Waals surface area contributed by atoms with Crippen LogP contribution in [0.4, 0.5) is 5.69 Å². The van der Waals surface area contributed by atoms with Crippen LogP contribution in [0.1, 0.15) is 18.3 Å². The van der Waals surface area contributed by atoms with Crippen LogP contribution in [0, 0.1) is 0 Å². The van der Waals surface area contributed by atoms with Gasteiger partial charge >= 0.3 is 0 Å². The Kier molecular flexibility index (Phi) is 4.88. The van der Waals surface area contributed by atoms with E-state index >= 15 is 0 Å². The average molecular weight is 377 g/mol. The number of aromatic nitrogens is 2. The lowest BCUT2D eigenvalue weighted by atomic mass is 10.3. The lowest BCUT2D eigenvalue weighted by Crippen LogP contribution is -2.04. The Balaban J connectivity index is 2.33. The molecule has 2 N–H and O–H groups in total. The monoisotopic (exact) mass is 375 g/mol. The number of hydrogen-bond acceptors (Lipinski definition) is 3. The van der Waals surface area contributed by atoms with Crippen LogP contribution in [0.5, 0.6) is 0 Å². The summed E-state index contributed by atoms with van der Waals surface area (Å²) in [5.74, 6) is 0.341. The predicted molar refractivity (Wildman–Crippen MR) is 86.3 cm³/mol. The molecule has 0 saturated carbocycles. The first-order valence-electron chi connectivity index (χ1n) is 6.07. The van der Waals surface area contributed by atoms with Crippen LogP contribution in [-0.2, 0) is 30.0 Å². The topological polar surface area (TPSA) is 60.9 Å². The Labute approximate surface area is 133 Å². The molecule has 0 fully saturated rings.